The summed E-state index contributed by atoms with van der Waals surface area (Å²) in [5.74, 6) is 2.65. The molecule has 2 aliphatic rings. The Hall–Kier alpha value is -1.85. The van der Waals surface area contributed by atoms with Gasteiger partial charge in [-0.15, -0.1) is 0 Å². The highest BCUT2D eigenvalue weighted by molar-refractivity contribution is 5.57. The maximum atomic E-state index is 5.23. The largest absolute Gasteiger partial charge is 0.497 e. The van der Waals surface area contributed by atoms with E-state index in [1.165, 1.54) is 43.9 Å². The topological polar surface area (TPSA) is 53.2 Å². The molecule has 0 amide bonds. The van der Waals surface area contributed by atoms with Crippen molar-refractivity contribution in [1.29, 1.82) is 0 Å². The van der Waals surface area contributed by atoms with Crippen LogP contribution in [0.3, 0.4) is 0 Å². The normalized spacial score (nSPS) is 21.5. The predicted molar refractivity (Wildman–Crippen MR) is 95.2 cm³/mol. The molecular formula is C19H26N4O. The molecule has 0 spiro atoms. The second kappa shape index (κ2) is 6.95. The first-order valence-corrected chi connectivity index (χ1v) is 8.97. The molecule has 128 valence electrons. The lowest BCUT2D eigenvalue weighted by Crippen LogP contribution is -2.40. The molecule has 4 rings (SSSR count). The fourth-order valence-electron chi connectivity index (χ4n) is 3.84. The Labute approximate surface area is 143 Å². The SMILES string of the molecule is COc1ccc(-c2nc3c([nH]2)CN(CC2CCCNC2)CC3)cc1. The molecule has 2 aliphatic heterocycles. The molecule has 0 radical (unpaired) electrons. The van der Waals surface area contributed by atoms with Crippen LogP contribution in [0.2, 0.25) is 0 Å². The number of nitrogens with one attached hydrogen (secondary N) is 2. The number of imidazole rings is 1. The number of aromatic amines is 1. The van der Waals surface area contributed by atoms with E-state index in [9.17, 15) is 0 Å². The predicted octanol–water partition coefficient (Wildman–Crippen LogP) is 2.44. The Morgan fingerprint density at radius 3 is 2.92 bits per heavy atom. The fraction of sp³-hybridized carbons (Fsp3) is 0.526. The van der Waals surface area contributed by atoms with Gasteiger partial charge in [-0.1, -0.05) is 0 Å². The monoisotopic (exact) mass is 326 g/mol. The summed E-state index contributed by atoms with van der Waals surface area (Å²) in [5.41, 5.74) is 3.64. The number of hydrogen-bond acceptors (Lipinski definition) is 4. The standard InChI is InChI=1S/C19H26N4O/c1-24-16-6-4-15(5-7-16)19-21-17-8-10-23(13-18(17)22-19)12-14-3-2-9-20-11-14/h4-7,14,20H,2-3,8-13H2,1H3,(H,21,22). The average molecular weight is 326 g/mol. The average Bonchev–Trinajstić information content (AvgIpc) is 3.06. The number of H-pyrrole nitrogens is 1. The molecule has 0 bridgehead atoms. The molecule has 0 aliphatic carbocycles. The summed E-state index contributed by atoms with van der Waals surface area (Å²) in [6.45, 7) is 5.67. The summed E-state index contributed by atoms with van der Waals surface area (Å²) in [7, 11) is 1.69. The minimum absolute atomic E-state index is 0.796. The molecule has 24 heavy (non-hydrogen) atoms. The van der Waals surface area contributed by atoms with Crippen LogP contribution in [0, 0.1) is 5.92 Å². The van der Waals surface area contributed by atoms with Crippen molar-refractivity contribution in [2.24, 2.45) is 5.92 Å². The number of hydrogen-bond donors (Lipinski definition) is 2. The van der Waals surface area contributed by atoms with E-state index in [-0.39, 0.29) is 0 Å². The molecule has 1 aromatic heterocycles. The van der Waals surface area contributed by atoms with Gasteiger partial charge in [-0.2, -0.15) is 0 Å². The molecule has 0 saturated carbocycles. The van der Waals surface area contributed by atoms with Gasteiger partial charge in [0, 0.05) is 31.6 Å². The highest BCUT2D eigenvalue weighted by Crippen LogP contribution is 2.25. The van der Waals surface area contributed by atoms with Crippen LogP contribution < -0.4 is 10.1 Å². The molecule has 2 aromatic rings. The van der Waals surface area contributed by atoms with Gasteiger partial charge in [-0.3, -0.25) is 4.90 Å². The van der Waals surface area contributed by atoms with Crippen LogP contribution in [0.4, 0.5) is 0 Å². The second-order valence-corrected chi connectivity index (χ2v) is 6.94. The lowest BCUT2D eigenvalue weighted by atomic mass is 9.98. The van der Waals surface area contributed by atoms with E-state index in [0.717, 1.165) is 42.6 Å². The number of piperidine rings is 1. The molecule has 2 N–H and O–H groups in total. The zero-order chi connectivity index (χ0) is 16.4. The van der Waals surface area contributed by atoms with Crippen molar-refractivity contribution in [3.63, 3.8) is 0 Å². The van der Waals surface area contributed by atoms with Crippen LogP contribution in [-0.2, 0) is 13.0 Å². The van der Waals surface area contributed by atoms with E-state index in [1.807, 2.05) is 12.1 Å². The van der Waals surface area contributed by atoms with Crippen molar-refractivity contribution in [3.8, 4) is 17.1 Å². The summed E-state index contributed by atoms with van der Waals surface area (Å²) in [4.78, 5) is 10.9. The van der Waals surface area contributed by atoms with Crippen molar-refractivity contribution < 1.29 is 4.74 Å². The molecule has 5 nitrogen and oxygen atoms in total. The summed E-state index contributed by atoms with van der Waals surface area (Å²) in [6.07, 6.45) is 3.72. The second-order valence-electron chi connectivity index (χ2n) is 6.94. The Balaban J connectivity index is 1.45. The Morgan fingerprint density at radius 1 is 1.29 bits per heavy atom. The van der Waals surface area contributed by atoms with E-state index in [4.69, 9.17) is 9.72 Å². The molecule has 1 atom stereocenters. The minimum Gasteiger partial charge on any atom is -0.497 e. The van der Waals surface area contributed by atoms with Crippen molar-refractivity contribution >= 4 is 0 Å². The maximum Gasteiger partial charge on any atom is 0.137 e. The smallest absolute Gasteiger partial charge is 0.137 e. The Kier molecular flexibility index (Phi) is 4.54. The molecule has 1 aromatic carbocycles. The molecule has 1 unspecified atom stereocenters. The summed E-state index contributed by atoms with van der Waals surface area (Å²) in [5, 5.41) is 3.52. The molecule has 1 saturated heterocycles. The number of ether oxygens (including phenoxy) is 1. The lowest BCUT2D eigenvalue weighted by molar-refractivity contribution is 0.191. The van der Waals surface area contributed by atoms with Crippen LogP contribution in [-0.4, -0.2) is 48.2 Å². The number of benzene rings is 1. The quantitative estimate of drug-likeness (QED) is 0.906. The highest BCUT2D eigenvalue weighted by atomic mass is 16.5. The van der Waals surface area contributed by atoms with Crippen LogP contribution in [0.1, 0.15) is 24.2 Å². The van der Waals surface area contributed by atoms with Crippen molar-refractivity contribution in [2.75, 3.05) is 33.3 Å². The molecule has 3 heterocycles. The first-order chi connectivity index (χ1) is 11.8. The summed E-state index contributed by atoms with van der Waals surface area (Å²) >= 11 is 0. The number of nitrogens with zero attached hydrogens (tertiary/aromatic N) is 2. The summed E-state index contributed by atoms with van der Waals surface area (Å²) in [6, 6.07) is 8.10. The third-order valence-electron chi connectivity index (χ3n) is 5.19. The molecule has 5 heteroatoms. The van der Waals surface area contributed by atoms with E-state index in [1.54, 1.807) is 7.11 Å². The van der Waals surface area contributed by atoms with Crippen LogP contribution >= 0.6 is 0 Å². The minimum atomic E-state index is 0.796. The van der Waals surface area contributed by atoms with Gasteiger partial charge in [0.2, 0.25) is 0 Å². The zero-order valence-electron chi connectivity index (χ0n) is 14.3. The number of methoxy groups -OCH3 is 1. The third-order valence-corrected chi connectivity index (χ3v) is 5.19. The van der Waals surface area contributed by atoms with Gasteiger partial charge in [0.1, 0.15) is 11.6 Å². The molecule has 1 fully saturated rings. The lowest BCUT2D eigenvalue weighted by Gasteiger charge is -2.32. The number of rotatable bonds is 4. The molecular weight excluding hydrogens is 300 g/mol. The third kappa shape index (κ3) is 3.32. The van der Waals surface area contributed by atoms with Crippen LogP contribution in [0.5, 0.6) is 5.75 Å². The first kappa shape index (κ1) is 15.7. The maximum absolute atomic E-state index is 5.23. The van der Waals surface area contributed by atoms with Crippen molar-refractivity contribution in [3.05, 3.63) is 35.7 Å². The number of aromatic nitrogens is 2. The van der Waals surface area contributed by atoms with E-state index >= 15 is 0 Å². The van der Waals surface area contributed by atoms with Crippen molar-refractivity contribution in [1.82, 2.24) is 20.2 Å². The van der Waals surface area contributed by atoms with Crippen LogP contribution in [0.15, 0.2) is 24.3 Å². The zero-order valence-corrected chi connectivity index (χ0v) is 14.3. The van der Waals surface area contributed by atoms with Gasteiger partial charge in [0.05, 0.1) is 18.5 Å². The number of fused-ring (bicyclic) bond motifs is 1. The highest BCUT2D eigenvalue weighted by Gasteiger charge is 2.23. The van der Waals surface area contributed by atoms with Gasteiger partial charge in [0.15, 0.2) is 0 Å². The van der Waals surface area contributed by atoms with E-state index < -0.39 is 0 Å². The fourth-order valence-corrected chi connectivity index (χ4v) is 3.84. The van der Waals surface area contributed by atoms with Gasteiger partial charge >= 0.3 is 0 Å². The Morgan fingerprint density at radius 2 is 2.17 bits per heavy atom. The first-order valence-electron chi connectivity index (χ1n) is 8.97. The van der Waals surface area contributed by atoms with E-state index in [2.05, 4.69) is 27.3 Å². The van der Waals surface area contributed by atoms with E-state index in [0.29, 0.717) is 0 Å². The van der Waals surface area contributed by atoms with Gasteiger partial charge in [0.25, 0.3) is 0 Å². The van der Waals surface area contributed by atoms with Crippen molar-refractivity contribution in [2.45, 2.75) is 25.8 Å². The summed E-state index contributed by atoms with van der Waals surface area (Å²) < 4.78 is 5.23. The van der Waals surface area contributed by atoms with Gasteiger partial charge in [-0.05, 0) is 56.1 Å². The van der Waals surface area contributed by atoms with Gasteiger partial charge in [-0.25, -0.2) is 4.98 Å². The Bertz CT molecular complexity index is 673. The van der Waals surface area contributed by atoms with Crippen LogP contribution in [0.25, 0.3) is 11.4 Å². The van der Waals surface area contributed by atoms with Gasteiger partial charge < -0.3 is 15.0 Å².